The quantitative estimate of drug-likeness (QED) is 0.807. The number of alkyl halides is 3. The highest BCUT2D eigenvalue weighted by Crippen LogP contribution is 2.44. The van der Waals surface area contributed by atoms with Crippen LogP contribution in [-0.2, 0) is 9.53 Å². The number of carbonyl (C=O) groups is 1. The van der Waals surface area contributed by atoms with E-state index >= 15 is 0 Å². The summed E-state index contributed by atoms with van der Waals surface area (Å²) in [6.07, 6.45) is -4.85. The summed E-state index contributed by atoms with van der Waals surface area (Å²) in [6, 6.07) is 7.70. The van der Waals surface area contributed by atoms with E-state index in [1.165, 1.54) is 6.92 Å². The SMILES string of the molecule is COC(=O)[C@@]1(C(F)(F)F)CN=NN1[C@@H](C)c1ccccc1. The molecule has 0 amide bonds. The summed E-state index contributed by atoms with van der Waals surface area (Å²) >= 11 is 0. The number of esters is 1. The van der Waals surface area contributed by atoms with E-state index in [0.717, 1.165) is 7.11 Å². The van der Waals surface area contributed by atoms with Crippen molar-refractivity contribution >= 4 is 5.97 Å². The maximum atomic E-state index is 13.5. The average Bonchev–Trinajstić information content (AvgIpc) is 2.92. The minimum absolute atomic E-state index is 0.593. The minimum Gasteiger partial charge on any atom is -0.467 e. The topological polar surface area (TPSA) is 54.3 Å². The van der Waals surface area contributed by atoms with Crippen LogP contribution in [0.25, 0.3) is 0 Å². The molecule has 0 fully saturated rings. The molecule has 0 aliphatic carbocycles. The van der Waals surface area contributed by atoms with Crippen molar-refractivity contribution in [2.75, 3.05) is 13.7 Å². The summed E-state index contributed by atoms with van der Waals surface area (Å²) in [5.41, 5.74) is -2.28. The van der Waals surface area contributed by atoms with Gasteiger partial charge in [0.1, 0.15) is 6.54 Å². The van der Waals surface area contributed by atoms with E-state index in [9.17, 15) is 18.0 Å². The zero-order valence-corrected chi connectivity index (χ0v) is 11.5. The van der Waals surface area contributed by atoms with Gasteiger partial charge in [-0.2, -0.15) is 18.3 Å². The molecule has 5 nitrogen and oxygen atoms in total. The molecule has 114 valence electrons. The van der Waals surface area contributed by atoms with Crippen molar-refractivity contribution in [2.24, 2.45) is 10.3 Å². The highest BCUT2D eigenvalue weighted by Gasteiger charge is 2.68. The summed E-state index contributed by atoms with van der Waals surface area (Å²) in [4.78, 5) is 11.8. The van der Waals surface area contributed by atoms with Crippen molar-refractivity contribution in [3.05, 3.63) is 35.9 Å². The van der Waals surface area contributed by atoms with Crippen molar-refractivity contribution in [2.45, 2.75) is 24.7 Å². The molecule has 1 heterocycles. The zero-order chi connectivity index (χ0) is 15.7. The lowest BCUT2D eigenvalue weighted by molar-refractivity contribution is -0.236. The third-order valence-electron chi connectivity index (χ3n) is 3.49. The predicted molar refractivity (Wildman–Crippen MR) is 67.2 cm³/mol. The van der Waals surface area contributed by atoms with Crippen molar-refractivity contribution in [1.29, 1.82) is 0 Å². The highest BCUT2D eigenvalue weighted by atomic mass is 19.4. The van der Waals surface area contributed by atoms with Crippen molar-refractivity contribution in [1.82, 2.24) is 5.01 Å². The number of hydrogen-bond acceptors (Lipinski definition) is 5. The Morgan fingerprint density at radius 2 is 2.00 bits per heavy atom. The maximum absolute atomic E-state index is 13.5. The summed E-state index contributed by atoms with van der Waals surface area (Å²) in [6.45, 7) is 0.726. The first-order chi connectivity index (χ1) is 9.84. The Kier molecular flexibility index (Phi) is 3.89. The van der Waals surface area contributed by atoms with Gasteiger partial charge in [-0.05, 0) is 12.5 Å². The number of ether oxygens (including phenoxy) is 1. The first-order valence-electron chi connectivity index (χ1n) is 6.21. The van der Waals surface area contributed by atoms with Crippen LogP contribution in [-0.4, -0.2) is 36.3 Å². The van der Waals surface area contributed by atoms with Crippen LogP contribution in [0.3, 0.4) is 0 Å². The third kappa shape index (κ3) is 2.34. The average molecular weight is 301 g/mol. The van der Waals surface area contributed by atoms with Crippen LogP contribution in [0.2, 0.25) is 0 Å². The van der Waals surface area contributed by atoms with E-state index in [2.05, 4.69) is 15.1 Å². The molecule has 21 heavy (non-hydrogen) atoms. The van der Waals surface area contributed by atoms with E-state index in [-0.39, 0.29) is 0 Å². The van der Waals surface area contributed by atoms with Gasteiger partial charge < -0.3 is 4.74 Å². The Bertz CT molecular complexity index is 547. The van der Waals surface area contributed by atoms with Gasteiger partial charge in [0.2, 0.25) is 0 Å². The first kappa shape index (κ1) is 15.3. The van der Waals surface area contributed by atoms with Crippen LogP contribution in [0.15, 0.2) is 40.7 Å². The molecule has 1 aromatic carbocycles. The fourth-order valence-electron chi connectivity index (χ4n) is 2.29. The molecule has 1 aromatic rings. The number of benzene rings is 1. The van der Waals surface area contributed by atoms with Gasteiger partial charge in [-0.3, -0.25) is 0 Å². The van der Waals surface area contributed by atoms with Gasteiger partial charge in [0.15, 0.2) is 0 Å². The molecular weight excluding hydrogens is 287 g/mol. The number of carbonyl (C=O) groups excluding carboxylic acids is 1. The molecule has 0 aromatic heterocycles. The van der Waals surface area contributed by atoms with Crippen molar-refractivity contribution < 1.29 is 22.7 Å². The van der Waals surface area contributed by atoms with Crippen LogP contribution >= 0.6 is 0 Å². The fourth-order valence-corrected chi connectivity index (χ4v) is 2.29. The molecular formula is C13H14F3N3O2. The molecule has 0 radical (unpaired) electrons. The monoisotopic (exact) mass is 301 g/mol. The van der Waals surface area contributed by atoms with E-state index < -0.39 is 30.3 Å². The summed E-state index contributed by atoms with van der Waals surface area (Å²) in [5, 5.41) is 7.64. The van der Waals surface area contributed by atoms with Gasteiger partial charge in [-0.1, -0.05) is 35.6 Å². The summed E-state index contributed by atoms with van der Waals surface area (Å²) in [5.74, 6) is -1.41. The Balaban J connectivity index is 2.45. The minimum atomic E-state index is -4.85. The van der Waals surface area contributed by atoms with E-state index in [1.807, 2.05) is 0 Å². The summed E-state index contributed by atoms with van der Waals surface area (Å²) in [7, 11) is 0.916. The molecule has 0 N–H and O–H groups in total. The lowest BCUT2D eigenvalue weighted by Gasteiger charge is -2.38. The Morgan fingerprint density at radius 3 is 2.52 bits per heavy atom. The van der Waals surface area contributed by atoms with Crippen molar-refractivity contribution in [3.8, 4) is 0 Å². The molecule has 1 aliphatic heterocycles. The number of nitrogens with zero attached hydrogens (tertiary/aromatic N) is 3. The molecule has 8 heteroatoms. The second-order valence-electron chi connectivity index (χ2n) is 4.67. The molecule has 0 bridgehead atoms. The van der Waals surface area contributed by atoms with Gasteiger partial charge >= 0.3 is 12.1 Å². The first-order valence-corrected chi connectivity index (χ1v) is 6.21. The molecule has 0 unspecified atom stereocenters. The molecule has 0 saturated carbocycles. The van der Waals surface area contributed by atoms with Crippen LogP contribution in [0, 0.1) is 0 Å². The molecule has 0 spiro atoms. The normalized spacial score (nSPS) is 23.2. The highest BCUT2D eigenvalue weighted by molar-refractivity contribution is 5.82. The van der Waals surface area contributed by atoms with Crippen molar-refractivity contribution in [3.63, 3.8) is 0 Å². The number of methoxy groups -OCH3 is 1. The Hall–Kier alpha value is -2.12. The van der Waals surface area contributed by atoms with Gasteiger partial charge in [-0.25, -0.2) is 9.80 Å². The molecule has 2 atom stereocenters. The molecule has 1 aliphatic rings. The Morgan fingerprint density at radius 1 is 1.38 bits per heavy atom. The van der Waals surface area contributed by atoms with Crippen LogP contribution in [0.4, 0.5) is 13.2 Å². The van der Waals surface area contributed by atoms with E-state index in [0.29, 0.717) is 10.6 Å². The third-order valence-corrected chi connectivity index (χ3v) is 3.49. The van der Waals surface area contributed by atoms with Crippen LogP contribution in [0.5, 0.6) is 0 Å². The van der Waals surface area contributed by atoms with Crippen LogP contribution in [0.1, 0.15) is 18.5 Å². The number of hydrogen-bond donors (Lipinski definition) is 0. The number of halogens is 3. The lowest BCUT2D eigenvalue weighted by atomic mass is 9.95. The lowest BCUT2D eigenvalue weighted by Crippen LogP contribution is -2.63. The summed E-state index contributed by atoms with van der Waals surface area (Å²) < 4.78 is 44.9. The maximum Gasteiger partial charge on any atom is 0.426 e. The molecule has 2 rings (SSSR count). The second kappa shape index (κ2) is 5.34. The largest absolute Gasteiger partial charge is 0.467 e. The predicted octanol–water partition coefficient (Wildman–Crippen LogP) is 2.90. The van der Waals surface area contributed by atoms with Gasteiger partial charge in [0.05, 0.1) is 13.2 Å². The molecule has 0 saturated heterocycles. The van der Waals surface area contributed by atoms with Gasteiger partial charge in [0.25, 0.3) is 5.54 Å². The van der Waals surface area contributed by atoms with Gasteiger partial charge in [0, 0.05) is 0 Å². The van der Waals surface area contributed by atoms with E-state index in [4.69, 9.17) is 0 Å². The zero-order valence-electron chi connectivity index (χ0n) is 11.5. The Labute approximate surface area is 119 Å². The second-order valence-corrected chi connectivity index (χ2v) is 4.67. The smallest absolute Gasteiger partial charge is 0.426 e. The number of rotatable bonds is 3. The van der Waals surface area contributed by atoms with Crippen LogP contribution < -0.4 is 0 Å². The van der Waals surface area contributed by atoms with Gasteiger partial charge in [-0.15, -0.1) is 0 Å². The standard InChI is InChI=1S/C13H14F3N3O2/c1-9(10-6-4-3-5-7-10)19-12(8-17-18-19,11(20)21-2)13(14,15)16/h3-7,9H,8H2,1-2H3/t9-,12+/m0/s1. The fraction of sp³-hybridized carbons (Fsp3) is 0.462. The van der Waals surface area contributed by atoms with E-state index in [1.54, 1.807) is 30.3 Å².